The second-order valence-corrected chi connectivity index (χ2v) is 4.76. The zero-order chi connectivity index (χ0) is 11.1. The Morgan fingerprint density at radius 3 is 2.47 bits per heavy atom. The first-order chi connectivity index (χ1) is 7.22. The van der Waals surface area contributed by atoms with E-state index < -0.39 is 0 Å². The normalized spacial score (nSPS) is 10.7. The van der Waals surface area contributed by atoms with Gasteiger partial charge < -0.3 is 10.5 Å². The molecule has 3 heteroatoms. The fraction of sp³-hybridized carbons (Fsp3) is 0.500. The van der Waals surface area contributed by atoms with Gasteiger partial charge in [-0.25, -0.2) is 0 Å². The van der Waals surface area contributed by atoms with Crippen molar-refractivity contribution in [3.63, 3.8) is 0 Å². The lowest BCUT2D eigenvalue weighted by Crippen LogP contribution is -2.05. The standard InChI is InChI=1S/C12H19NOS/c1-10(2)14-12-5-3-11(4-6-12)9-15-8-7-13/h3-6,10H,7-9,13H2,1-2H3. The SMILES string of the molecule is CC(C)Oc1ccc(CSCCN)cc1. The quantitative estimate of drug-likeness (QED) is 0.756. The first-order valence-corrected chi connectivity index (χ1v) is 6.41. The molecule has 0 bridgehead atoms. The maximum absolute atomic E-state index is 5.57. The van der Waals surface area contributed by atoms with E-state index in [9.17, 15) is 0 Å². The maximum Gasteiger partial charge on any atom is 0.119 e. The molecule has 0 amide bonds. The molecule has 2 nitrogen and oxygen atoms in total. The highest BCUT2D eigenvalue weighted by Crippen LogP contribution is 2.17. The van der Waals surface area contributed by atoms with Crippen LogP contribution in [0.1, 0.15) is 19.4 Å². The molecule has 15 heavy (non-hydrogen) atoms. The second kappa shape index (κ2) is 6.75. The summed E-state index contributed by atoms with van der Waals surface area (Å²) >= 11 is 1.86. The molecule has 0 heterocycles. The summed E-state index contributed by atoms with van der Waals surface area (Å²) in [6, 6.07) is 8.28. The van der Waals surface area contributed by atoms with Crippen LogP contribution in [0.2, 0.25) is 0 Å². The zero-order valence-electron chi connectivity index (χ0n) is 9.40. The first kappa shape index (κ1) is 12.4. The summed E-state index contributed by atoms with van der Waals surface area (Å²) in [5.41, 5.74) is 6.75. The lowest BCUT2D eigenvalue weighted by atomic mass is 10.2. The number of ether oxygens (including phenoxy) is 1. The largest absolute Gasteiger partial charge is 0.491 e. The Kier molecular flexibility index (Phi) is 5.58. The van der Waals surface area contributed by atoms with E-state index in [-0.39, 0.29) is 6.10 Å². The van der Waals surface area contributed by atoms with Gasteiger partial charge in [-0.3, -0.25) is 0 Å². The van der Waals surface area contributed by atoms with Crippen molar-refractivity contribution in [3.05, 3.63) is 29.8 Å². The molecule has 0 unspecified atom stereocenters. The lowest BCUT2D eigenvalue weighted by Gasteiger charge is -2.09. The highest BCUT2D eigenvalue weighted by atomic mass is 32.2. The lowest BCUT2D eigenvalue weighted by molar-refractivity contribution is 0.242. The fourth-order valence-corrected chi connectivity index (χ4v) is 1.95. The van der Waals surface area contributed by atoms with Crippen molar-refractivity contribution in [2.45, 2.75) is 25.7 Å². The third kappa shape index (κ3) is 5.09. The van der Waals surface area contributed by atoms with Crippen LogP contribution >= 0.6 is 11.8 Å². The minimum absolute atomic E-state index is 0.238. The summed E-state index contributed by atoms with van der Waals surface area (Å²) in [6.07, 6.45) is 0.238. The third-order valence-electron chi connectivity index (χ3n) is 1.83. The molecule has 2 N–H and O–H groups in total. The summed E-state index contributed by atoms with van der Waals surface area (Å²) in [6.45, 7) is 4.81. The molecule has 0 aliphatic heterocycles. The van der Waals surface area contributed by atoms with Gasteiger partial charge in [0.15, 0.2) is 0 Å². The van der Waals surface area contributed by atoms with E-state index >= 15 is 0 Å². The van der Waals surface area contributed by atoms with Gasteiger partial charge in [0.25, 0.3) is 0 Å². The number of nitrogens with two attached hydrogens (primary N) is 1. The van der Waals surface area contributed by atoms with Crippen LogP contribution in [0.4, 0.5) is 0 Å². The highest BCUT2D eigenvalue weighted by Gasteiger charge is 1.98. The molecule has 0 spiro atoms. The molecule has 0 aliphatic carbocycles. The Hall–Kier alpha value is -0.670. The van der Waals surface area contributed by atoms with E-state index in [1.807, 2.05) is 37.7 Å². The molecule has 0 saturated carbocycles. The molecule has 0 atom stereocenters. The summed E-state index contributed by atoms with van der Waals surface area (Å²) in [5.74, 6) is 2.99. The van der Waals surface area contributed by atoms with Crippen LogP contribution in [0.5, 0.6) is 5.75 Å². The van der Waals surface area contributed by atoms with Crippen LogP contribution in [0, 0.1) is 0 Å². The van der Waals surface area contributed by atoms with Gasteiger partial charge in [0.2, 0.25) is 0 Å². The van der Waals surface area contributed by atoms with Crippen molar-refractivity contribution in [2.24, 2.45) is 5.73 Å². The summed E-state index contributed by atoms with van der Waals surface area (Å²) < 4.78 is 5.57. The van der Waals surface area contributed by atoms with E-state index in [0.717, 1.165) is 23.8 Å². The average molecular weight is 225 g/mol. The number of hydrogen-bond donors (Lipinski definition) is 1. The van der Waals surface area contributed by atoms with E-state index in [1.165, 1.54) is 5.56 Å². The van der Waals surface area contributed by atoms with Gasteiger partial charge in [0.1, 0.15) is 5.75 Å². The van der Waals surface area contributed by atoms with Crippen LogP contribution in [0.3, 0.4) is 0 Å². The van der Waals surface area contributed by atoms with E-state index in [2.05, 4.69) is 12.1 Å². The Balaban J connectivity index is 2.42. The minimum atomic E-state index is 0.238. The summed E-state index contributed by atoms with van der Waals surface area (Å²) in [7, 11) is 0. The molecule has 1 aromatic rings. The van der Waals surface area contributed by atoms with Crippen LogP contribution in [-0.4, -0.2) is 18.4 Å². The van der Waals surface area contributed by atoms with Crippen molar-refractivity contribution >= 4 is 11.8 Å². The molecule has 1 rings (SSSR count). The Morgan fingerprint density at radius 2 is 1.93 bits per heavy atom. The minimum Gasteiger partial charge on any atom is -0.491 e. The molecule has 84 valence electrons. The molecule has 0 fully saturated rings. The van der Waals surface area contributed by atoms with E-state index in [4.69, 9.17) is 10.5 Å². The van der Waals surface area contributed by atoms with Gasteiger partial charge in [0, 0.05) is 18.1 Å². The topological polar surface area (TPSA) is 35.2 Å². The smallest absolute Gasteiger partial charge is 0.119 e. The van der Waals surface area contributed by atoms with Crippen LogP contribution in [0.15, 0.2) is 24.3 Å². The van der Waals surface area contributed by atoms with Gasteiger partial charge in [-0.15, -0.1) is 0 Å². The van der Waals surface area contributed by atoms with Gasteiger partial charge >= 0.3 is 0 Å². The summed E-state index contributed by atoms with van der Waals surface area (Å²) in [4.78, 5) is 0. The third-order valence-corrected chi connectivity index (χ3v) is 2.89. The number of hydrogen-bond acceptors (Lipinski definition) is 3. The van der Waals surface area contributed by atoms with Crippen molar-refractivity contribution in [1.82, 2.24) is 0 Å². The van der Waals surface area contributed by atoms with Crippen molar-refractivity contribution < 1.29 is 4.74 Å². The number of benzene rings is 1. The molecular weight excluding hydrogens is 206 g/mol. The Labute approximate surface area is 96.2 Å². The molecule has 0 radical (unpaired) electrons. The highest BCUT2D eigenvalue weighted by molar-refractivity contribution is 7.98. The van der Waals surface area contributed by atoms with Gasteiger partial charge in [0.05, 0.1) is 6.10 Å². The Morgan fingerprint density at radius 1 is 1.27 bits per heavy atom. The fourth-order valence-electron chi connectivity index (χ4n) is 1.21. The molecule has 0 aromatic heterocycles. The molecule has 1 aromatic carbocycles. The van der Waals surface area contributed by atoms with Crippen LogP contribution in [-0.2, 0) is 5.75 Å². The summed E-state index contributed by atoms with van der Waals surface area (Å²) in [5, 5.41) is 0. The van der Waals surface area contributed by atoms with Gasteiger partial charge in [-0.1, -0.05) is 12.1 Å². The molecule has 0 aliphatic rings. The predicted molar refractivity (Wildman–Crippen MR) is 67.4 cm³/mol. The van der Waals surface area contributed by atoms with E-state index in [1.54, 1.807) is 0 Å². The zero-order valence-corrected chi connectivity index (χ0v) is 10.2. The maximum atomic E-state index is 5.57. The van der Waals surface area contributed by atoms with Crippen molar-refractivity contribution in [1.29, 1.82) is 0 Å². The first-order valence-electron chi connectivity index (χ1n) is 5.26. The van der Waals surface area contributed by atoms with Crippen LogP contribution in [0.25, 0.3) is 0 Å². The van der Waals surface area contributed by atoms with Gasteiger partial charge in [-0.2, -0.15) is 11.8 Å². The molecular formula is C12H19NOS. The molecule has 0 saturated heterocycles. The van der Waals surface area contributed by atoms with Crippen molar-refractivity contribution in [2.75, 3.05) is 12.3 Å². The predicted octanol–water partition coefficient (Wildman–Crippen LogP) is 2.67. The van der Waals surface area contributed by atoms with E-state index in [0.29, 0.717) is 0 Å². The van der Waals surface area contributed by atoms with Gasteiger partial charge in [-0.05, 0) is 31.5 Å². The average Bonchev–Trinajstić information content (AvgIpc) is 2.20. The van der Waals surface area contributed by atoms with Crippen LogP contribution < -0.4 is 10.5 Å². The Bertz CT molecular complexity index is 271. The van der Waals surface area contributed by atoms with Crippen molar-refractivity contribution in [3.8, 4) is 5.75 Å². The number of thioether (sulfide) groups is 1. The second-order valence-electron chi connectivity index (χ2n) is 3.65. The number of rotatable bonds is 6. The monoisotopic (exact) mass is 225 g/mol.